The molecule has 0 aliphatic carbocycles. The van der Waals surface area contributed by atoms with Gasteiger partial charge in [-0.05, 0) is 18.1 Å². The Hall–Kier alpha value is -2.66. The maximum atomic E-state index is 11.7. The Morgan fingerprint density at radius 2 is 1.78 bits per heavy atom. The highest BCUT2D eigenvalue weighted by Gasteiger charge is 2.17. The van der Waals surface area contributed by atoms with Gasteiger partial charge < -0.3 is 15.3 Å². The molecule has 2 rings (SSSR count). The summed E-state index contributed by atoms with van der Waals surface area (Å²) in [4.78, 5) is 16.8. The lowest BCUT2D eigenvalue weighted by Crippen LogP contribution is -2.37. The average Bonchev–Trinajstić information content (AvgIpc) is 2.59. The van der Waals surface area contributed by atoms with Crippen LogP contribution in [0.4, 0.5) is 0 Å². The molecule has 0 aliphatic heterocycles. The topological polar surface area (TPSA) is 70.9 Å². The Balaban J connectivity index is 1.76. The van der Waals surface area contributed by atoms with Crippen molar-refractivity contribution in [3.05, 3.63) is 71.8 Å². The van der Waals surface area contributed by atoms with Crippen LogP contribution in [0.3, 0.4) is 0 Å². The van der Waals surface area contributed by atoms with E-state index in [1.165, 1.54) is 0 Å². The first-order valence-electron chi connectivity index (χ1n) is 7.39. The summed E-state index contributed by atoms with van der Waals surface area (Å²) in [5, 5.41) is 16.5. The lowest BCUT2D eigenvalue weighted by molar-refractivity contribution is -0.115. The van der Waals surface area contributed by atoms with Gasteiger partial charge in [-0.2, -0.15) is 0 Å². The number of hydrogen-bond donors (Lipinski definition) is 2. The summed E-state index contributed by atoms with van der Waals surface area (Å²) in [6, 6.07) is 18.3. The van der Waals surface area contributed by atoms with Gasteiger partial charge >= 0.3 is 0 Å². The van der Waals surface area contributed by atoms with E-state index in [-0.39, 0.29) is 0 Å². The third-order valence-corrected chi connectivity index (χ3v) is 3.30. The highest BCUT2D eigenvalue weighted by molar-refractivity contribution is 6.26. The van der Waals surface area contributed by atoms with E-state index in [1.54, 1.807) is 6.92 Å². The van der Waals surface area contributed by atoms with Gasteiger partial charge in [-0.15, -0.1) is 0 Å². The minimum absolute atomic E-state index is 0.298. The number of hydrogen-bond acceptors (Lipinski definition) is 4. The largest absolute Gasteiger partial charge is 0.391 e. The molecule has 1 amide bonds. The number of amides is 1. The smallest absolute Gasteiger partial charge is 0.266 e. The van der Waals surface area contributed by atoms with Crippen molar-refractivity contribution < 1.29 is 14.7 Å². The number of rotatable bonds is 7. The number of benzene rings is 2. The van der Waals surface area contributed by atoms with Crippen LogP contribution in [-0.4, -0.2) is 23.3 Å². The molecular formula is C18H20N2O3. The van der Waals surface area contributed by atoms with Crippen molar-refractivity contribution in [2.45, 2.75) is 25.7 Å². The number of aliphatic hydroxyl groups excluding tert-OH is 1. The molecule has 0 bridgehead atoms. The molecule has 2 unspecified atom stereocenters. The van der Waals surface area contributed by atoms with Crippen molar-refractivity contribution in [1.82, 2.24) is 5.32 Å². The monoisotopic (exact) mass is 312 g/mol. The highest BCUT2D eigenvalue weighted by atomic mass is 16.6. The van der Waals surface area contributed by atoms with Crippen molar-refractivity contribution in [2.24, 2.45) is 5.16 Å². The van der Waals surface area contributed by atoms with Crippen LogP contribution in [0.25, 0.3) is 0 Å². The normalized spacial score (nSPS) is 13.5. The fraction of sp³-hybridized carbons (Fsp3) is 0.222. The van der Waals surface area contributed by atoms with Crippen LogP contribution < -0.4 is 5.32 Å². The van der Waals surface area contributed by atoms with E-state index in [4.69, 9.17) is 4.84 Å². The third-order valence-electron chi connectivity index (χ3n) is 3.30. The summed E-state index contributed by atoms with van der Waals surface area (Å²) in [6.07, 6.45) is 0.288. The lowest BCUT2D eigenvalue weighted by atomic mass is 10.0. The van der Waals surface area contributed by atoms with E-state index in [0.29, 0.717) is 6.61 Å². The molecule has 0 aliphatic rings. The van der Waals surface area contributed by atoms with Crippen LogP contribution in [0.5, 0.6) is 0 Å². The van der Waals surface area contributed by atoms with Crippen molar-refractivity contribution in [1.29, 1.82) is 0 Å². The van der Waals surface area contributed by atoms with Gasteiger partial charge in [-0.1, -0.05) is 65.8 Å². The van der Waals surface area contributed by atoms with Crippen molar-refractivity contribution in [3.63, 3.8) is 0 Å². The Labute approximate surface area is 135 Å². The fourth-order valence-corrected chi connectivity index (χ4v) is 2.05. The van der Waals surface area contributed by atoms with Gasteiger partial charge in [0.25, 0.3) is 5.91 Å². The van der Waals surface area contributed by atoms with Crippen LogP contribution in [0.15, 0.2) is 65.8 Å². The summed E-state index contributed by atoms with van der Waals surface area (Å²) in [6.45, 7) is 2.03. The maximum absolute atomic E-state index is 11.7. The zero-order chi connectivity index (χ0) is 16.5. The third kappa shape index (κ3) is 5.56. The Morgan fingerprint density at radius 3 is 2.43 bits per heavy atom. The first-order chi connectivity index (χ1) is 11.2. The number of nitrogens with one attached hydrogen (secondary N) is 1. The first-order valence-corrected chi connectivity index (χ1v) is 7.39. The molecule has 5 nitrogen and oxygen atoms in total. The zero-order valence-corrected chi connectivity index (χ0v) is 12.9. The van der Waals surface area contributed by atoms with E-state index in [1.807, 2.05) is 60.7 Å². The van der Waals surface area contributed by atoms with E-state index < -0.39 is 18.1 Å². The SMILES string of the molecule is CC(NC(=O)/C=N\OCc1ccccc1)C(O)c1ccccc1. The molecule has 0 saturated heterocycles. The zero-order valence-electron chi connectivity index (χ0n) is 12.9. The summed E-state index contributed by atoms with van der Waals surface area (Å²) in [7, 11) is 0. The van der Waals surface area contributed by atoms with Crippen molar-refractivity contribution in [2.75, 3.05) is 0 Å². The molecule has 0 heterocycles. The number of aliphatic hydroxyl groups is 1. The molecule has 2 aromatic rings. The molecule has 0 saturated carbocycles. The summed E-state index contributed by atoms with van der Waals surface area (Å²) in [5.74, 6) is -0.416. The van der Waals surface area contributed by atoms with Gasteiger partial charge in [0.1, 0.15) is 12.8 Å². The second-order valence-electron chi connectivity index (χ2n) is 5.15. The van der Waals surface area contributed by atoms with Crippen LogP contribution in [0.2, 0.25) is 0 Å². The number of oxime groups is 1. The Kier molecular flexibility index (Phi) is 6.32. The molecule has 0 radical (unpaired) electrons. The van der Waals surface area contributed by atoms with Crippen LogP contribution >= 0.6 is 0 Å². The number of carbonyl (C=O) groups is 1. The summed E-state index contributed by atoms with van der Waals surface area (Å²) >= 11 is 0. The van der Waals surface area contributed by atoms with Crippen molar-refractivity contribution in [3.8, 4) is 0 Å². The molecule has 0 fully saturated rings. The van der Waals surface area contributed by atoms with E-state index in [2.05, 4.69) is 10.5 Å². The Morgan fingerprint density at radius 1 is 1.17 bits per heavy atom. The first kappa shape index (κ1) is 16.7. The molecular weight excluding hydrogens is 292 g/mol. The van der Waals surface area contributed by atoms with E-state index >= 15 is 0 Å². The molecule has 0 spiro atoms. The van der Waals surface area contributed by atoms with Gasteiger partial charge in [0.2, 0.25) is 0 Å². The van der Waals surface area contributed by atoms with Gasteiger partial charge in [0.15, 0.2) is 0 Å². The number of carbonyl (C=O) groups excluding carboxylic acids is 1. The summed E-state index contributed by atoms with van der Waals surface area (Å²) < 4.78 is 0. The molecule has 2 atom stereocenters. The lowest BCUT2D eigenvalue weighted by Gasteiger charge is -2.19. The van der Waals surface area contributed by atoms with Gasteiger partial charge in [-0.25, -0.2) is 0 Å². The second kappa shape index (κ2) is 8.70. The minimum Gasteiger partial charge on any atom is -0.391 e. The standard InChI is InChI=1S/C18H20N2O3/c1-14(18(22)16-10-6-3-7-11-16)20-17(21)12-19-23-13-15-8-4-2-5-9-15/h2-12,14,18,22H,13H2,1H3,(H,20,21)/b19-12-. The van der Waals surface area contributed by atoms with E-state index in [0.717, 1.165) is 17.3 Å². The maximum Gasteiger partial charge on any atom is 0.266 e. The quantitative estimate of drug-likeness (QED) is 0.609. The molecule has 2 aromatic carbocycles. The highest BCUT2D eigenvalue weighted by Crippen LogP contribution is 2.15. The van der Waals surface area contributed by atoms with Crippen LogP contribution in [-0.2, 0) is 16.2 Å². The van der Waals surface area contributed by atoms with E-state index in [9.17, 15) is 9.90 Å². The van der Waals surface area contributed by atoms with Gasteiger partial charge in [0.05, 0.1) is 12.1 Å². The summed E-state index contributed by atoms with van der Waals surface area (Å²) in [5.41, 5.74) is 1.72. The van der Waals surface area contributed by atoms with Gasteiger partial charge in [0, 0.05) is 0 Å². The average molecular weight is 312 g/mol. The minimum atomic E-state index is -0.779. The molecule has 5 heteroatoms. The predicted octanol–water partition coefficient (Wildman–Crippen LogP) is 2.43. The second-order valence-corrected chi connectivity index (χ2v) is 5.15. The molecule has 2 N–H and O–H groups in total. The molecule has 0 aromatic heterocycles. The fourth-order valence-electron chi connectivity index (χ4n) is 2.05. The van der Waals surface area contributed by atoms with Gasteiger partial charge in [-0.3, -0.25) is 4.79 Å². The van der Waals surface area contributed by atoms with Crippen molar-refractivity contribution >= 4 is 12.1 Å². The van der Waals surface area contributed by atoms with Crippen LogP contribution in [0, 0.1) is 0 Å². The Bertz CT molecular complexity index is 629. The predicted molar refractivity (Wildman–Crippen MR) is 88.7 cm³/mol. The number of nitrogens with zero attached hydrogens (tertiary/aromatic N) is 1. The molecule has 120 valence electrons. The molecule has 23 heavy (non-hydrogen) atoms. The van der Waals surface area contributed by atoms with Crippen LogP contribution in [0.1, 0.15) is 24.2 Å².